The maximum atomic E-state index is 11.7. The zero-order chi connectivity index (χ0) is 15.0. The Morgan fingerprint density at radius 2 is 2.30 bits per heavy atom. The van der Waals surface area contributed by atoms with Gasteiger partial charge in [-0.15, -0.1) is 0 Å². The van der Waals surface area contributed by atoms with E-state index in [0.29, 0.717) is 25.3 Å². The first-order valence-corrected chi connectivity index (χ1v) is 6.69. The van der Waals surface area contributed by atoms with Crippen LogP contribution in [-0.4, -0.2) is 49.9 Å². The van der Waals surface area contributed by atoms with E-state index in [2.05, 4.69) is 10.3 Å². The molecule has 6 heteroatoms. The highest BCUT2D eigenvalue weighted by Gasteiger charge is 2.10. The highest BCUT2D eigenvalue weighted by atomic mass is 16.5. The van der Waals surface area contributed by atoms with Crippen LogP contribution in [0.4, 0.5) is 5.69 Å². The number of nitrogens with zero attached hydrogens (tertiary/aromatic N) is 2. The molecular formula is C14H23N3O3. The van der Waals surface area contributed by atoms with E-state index in [1.807, 2.05) is 20.0 Å². The Kier molecular flexibility index (Phi) is 6.97. The number of carbonyl (C=O) groups is 1. The normalized spacial score (nSPS) is 12.0. The van der Waals surface area contributed by atoms with E-state index in [1.165, 1.54) is 0 Å². The molecule has 0 aromatic carbocycles. The smallest absolute Gasteiger partial charge is 0.239 e. The van der Waals surface area contributed by atoms with E-state index < -0.39 is 6.10 Å². The van der Waals surface area contributed by atoms with Crippen molar-refractivity contribution in [3.8, 4) is 0 Å². The van der Waals surface area contributed by atoms with Crippen molar-refractivity contribution in [3.63, 3.8) is 0 Å². The van der Waals surface area contributed by atoms with E-state index in [-0.39, 0.29) is 12.5 Å². The maximum absolute atomic E-state index is 11.7. The van der Waals surface area contributed by atoms with Crippen molar-refractivity contribution in [2.75, 3.05) is 38.8 Å². The minimum absolute atomic E-state index is 0.0674. The molecule has 1 heterocycles. The van der Waals surface area contributed by atoms with Crippen molar-refractivity contribution < 1.29 is 14.6 Å². The molecule has 0 unspecified atom stereocenters. The average molecular weight is 281 g/mol. The molecule has 1 aromatic heterocycles. The van der Waals surface area contributed by atoms with Crippen LogP contribution >= 0.6 is 0 Å². The van der Waals surface area contributed by atoms with Crippen molar-refractivity contribution in [1.29, 1.82) is 0 Å². The quantitative estimate of drug-likeness (QED) is 0.687. The molecule has 0 aliphatic carbocycles. The van der Waals surface area contributed by atoms with Gasteiger partial charge in [-0.05, 0) is 18.6 Å². The van der Waals surface area contributed by atoms with E-state index >= 15 is 0 Å². The van der Waals surface area contributed by atoms with Gasteiger partial charge < -0.3 is 20.1 Å². The maximum Gasteiger partial charge on any atom is 0.239 e. The van der Waals surface area contributed by atoms with Crippen molar-refractivity contribution in [3.05, 3.63) is 24.0 Å². The van der Waals surface area contributed by atoms with E-state index in [1.54, 1.807) is 24.3 Å². The van der Waals surface area contributed by atoms with Gasteiger partial charge in [-0.1, -0.05) is 6.92 Å². The van der Waals surface area contributed by atoms with Crippen molar-refractivity contribution in [2.24, 2.45) is 0 Å². The van der Waals surface area contributed by atoms with Crippen LogP contribution in [0.25, 0.3) is 0 Å². The number of aromatic nitrogens is 1. The lowest BCUT2D eigenvalue weighted by molar-refractivity contribution is -0.119. The van der Waals surface area contributed by atoms with Crippen LogP contribution < -0.4 is 10.2 Å². The molecule has 0 saturated carbocycles. The predicted molar refractivity (Wildman–Crippen MR) is 77.6 cm³/mol. The molecule has 112 valence electrons. The van der Waals surface area contributed by atoms with Crippen LogP contribution in [0.1, 0.15) is 25.1 Å². The number of rotatable bonds is 8. The summed E-state index contributed by atoms with van der Waals surface area (Å²) in [5, 5.41) is 12.4. The van der Waals surface area contributed by atoms with Gasteiger partial charge in [0.05, 0.1) is 36.8 Å². The number of anilines is 1. The number of aliphatic hydroxyl groups is 1. The lowest BCUT2D eigenvalue weighted by Crippen LogP contribution is -2.36. The summed E-state index contributed by atoms with van der Waals surface area (Å²) in [4.78, 5) is 17.7. The largest absolute Gasteiger partial charge is 0.387 e. The highest BCUT2D eigenvalue weighted by molar-refractivity contribution is 5.81. The Bertz CT molecular complexity index is 409. The zero-order valence-electron chi connectivity index (χ0n) is 12.3. The minimum Gasteiger partial charge on any atom is -0.387 e. The summed E-state index contributed by atoms with van der Waals surface area (Å²) in [6.07, 6.45) is 1.76. The van der Waals surface area contributed by atoms with Gasteiger partial charge in [-0.2, -0.15) is 0 Å². The monoisotopic (exact) mass is 281 g/mol. The van der Waals surface area contributed by atoms with Gasteiger partial charge in [-0.25, -0.2) is 0 Å². The Balaban J connectivity index is 2.50. The van der Waals surface area contributed by atoms with E-state index in [4.69, 9.17) is 4.74 Å². The van der Waals surface area contributed by atoms with Crippen molar-refractivity contribution in [2.45, 2.75) is 19.4 Å². The lowest BCUT2D eigenvalue weighted by atomic mass is 10.2. The Morgan fingerprint density at radius 3 is 2.85 bits per heavy atom. The Hall–Kier alpha value is -1.66. The molecule has 0 aliphatic heterocycles. The number of methoxy groups -OCH3 is 1. The fourth-order valence-corrected chi connectivity index (χ4v) is 1.68. The molecule has 0 spiro atoms. The SMILES string of the molecule is CC[C@@H](O)c1ccc(N(C)CC(=O)NCCOC)cn1. The summed E-state index contributed by atoms with van der Waals surface area (Å²) in [5.74, 6) is -0.0674. The van der Waals surface area contributed by atoms with Gasteiger partial charge in [-0.3, -0.25) is 9.78 Å². The molecule has 2 N–H and O–H groups in total. The topological polar surface area (TPSA) is 74.7 Å². The average Bonchev–Trinajstić information content (AvgIpc) is 2.46. The lowest BCUT2D eigenvalue weighted by Gasteiger charge is -2.19. The Labute approximate surface area is 119 Å². The number of ether oxygens (including phenoxy) is 1. The third-order valence-electron chi connectivity index (χ3n) is 2.95. The van der Waals surface area contributed by atoms with Crippen LogP contribution in [0.5, 0.6) is 0 Å². The fourth-order valence-electron chi connectivity index (χ4n) is 1.68. The number of amides is 1. The summed E-state index contributed by atoms with van der Waals surface area (Å²) in [6, 6.07) is 3.63. The molecule has 1 amide bonds. The molecular weight excluding hydrogens is 258 g/mol. The zero-order valence-corrected chi connectivity index (χ0v) is 12.3. The number of hydrogen-bond donors (Lipinski definition) is 2. The van der Waals surface area contributed by atoms with Crippen LogP contribution in [0.2, 0.25) is 0 Å². The number of carbonyl (C=O) groups excluding carboxylic acids is 1. The van der Waals surface area contributed by atoms with Gasteiger partial charge in [0.1, 0.15) is 0 Å². The van der Waals surface area contributed by atoms with Crippen LogP contribution in [0, 0.1) is 0 Å². The molecule has 1 rings (SSSR count). The standard InChI is InChI=1S/C14H23N3O3/c1-4-13(18)12-6-5-11(9-16-12)17(2)10-14(19)15-7-8-20-3/h5-6,9,13,18H,4,7-8,10H2,1-3H3,(H,15,19)/t13-/m1/s1. The molecule has 0 bridgehead atoms. The number of likely N-dealkylation sites (N-methyl/N-ethyl adjacent to an activating group) is 1. The van der Waals surface area contributed by atoms with Gasteiger partial charge in [0.2, 0.25) is 5.91 Å². The summed E-state index contributed by atoms with van der Waals surface area (Å²) in [7, 11) is 3.42. The van der Waals surface area contributed by atoms with E-state index in [0.717, 1.165) is 5.69 Å². The predicted octanol–water partition coefficient (Wildman–Crippen LogP) is 0.724. The second-order valence-corrected chi connectivity index (χ2v) is 4.56. The Morgan fingerprint density at radius 1 is 1.55 bits per heavy atom. The summed E-state index contributed by atoms with van der Waals surface area (Å²) in [5.41, 5.74) is 1.48. The summed E-state index contributed by atoms with van der Waals surface area (Å²) >= 11 is 0. The summed E-state index contributed by atoms with van der Waals surface area (Å²) in [6.45, 7) is 3.15. The number of nitrogens with one attached hydrogen (secondary N) is 1. The van der Waals surface area contributed by atoms with Gasteiger partial charge in [0.15, 0.2) is 0 Å². The third kappa shape index (κ3) is 5.14. The van der Waals surface area contributed by atoms with Gasteiger partial charge in [0.25, 0.3) is 0 Å². The minimum atomic E-state index is -0.535. The molecule has 20 heavy (non-hydrogen) atoms. The summed E-state index contributed by atoms with van der Waals surface area (Å²) < 4.78 is 4.87. The second kappa shape index (κ2) is 8.50. The molecule has 0 aliphatic rings. The third-order valence-corrected chi connectivity index (χ3v) is 2.95. The van der Waals surface area contributed by atoms with Crippen LogP contribution in [0.3, 0.4) is 0 Å². The highest BCUT2D eigenvalue weighted by Crippen LogP contribution is 2.17. The van der Waals surface area contributed by atoms with E-state index in [9.17, 15) is 9.90 Å². The number of hydrogen-bond acceptors (Lipinski definition) is 5. The van der Waals surface area contributed by atoms with Crippen molar-refractivity contribution >= 4 is 11.6 Å². The first-order chi connectivity index (χ1) is 9.58. The second-order valence-electron chi connectivity index (χ2n) is 4.56. The molecule has 0 radical (unpaired) electrons. The molecule has 6 nitrogen and oxygen atoms in total. The molecule has 0 fully saturated rings. The molecule has 1 aromatic rings. The fraction of sp³-hybridized carbons (Fsp3) is 0.571. The molecule has 0 saturated heterocycles. The first kappa shape index (κ1) is 16.4. The van der Waals surface area contributed by atoms with Gasteiger partial charge in [0, 0.05) is 20.7 Å². The molecule has 1 atom stereocenters. The van der Waals surface area contributed by atoms with Crippen LogP contribution in [0.15, 0.2) is 18.3 Å². The van der Waals surface area contributed by atoms with Crippen molar-refractivity contribution in [1.82, 2.24) is 10.3 Å². The number of pyridine rings is 1. The van der Waals surface area contributed by atoms with Crippen LogP contribution in [-0.2, 0) is 9.53 Å². The number of aliphatic hydroxyl groups excluding tert-OH is 1. The first-order valence-electron chi connectivity index (χ1n) is 6.69. The van der Waals surface area contributed by atoms with Gasteiger partial charge >= 0.3 is 0 Å².